The number of fused-ring (bicyclic) bond motifs is 3. The zero-order valence-electron chi connectivity index (χ0n) is 13.0. The highest BCUT2D eigenvalue weighted by molar-refractivity contribution is 7.17. The van der Waals surface area contributed by atoms with E-state index in [1.165, 1.54) is 16.0 Å². The number of benzene rings is 1. The zero-order chi connectivity index (χ0) is 15.4. The van der Waals surface area contributed by atoms with Gasteiger partial charge in [0.1, 0.15) is 0 Å². The van der Waals surface area contributed by atoms with Crippen molar-refractivity contribution in [2.24, 2.45) is 5.41 Å². The lowest BCUT2D eigenvalue weighted by atomic mass is 9.78. The van der Waals surface area contributed by atoms with Crippen LogP contribution in [0.25, 0.3) is 11.1 Å². The van der Waals surface area contributed by atoms with Crippen molar-refractivity contribution in [3.05, 3.63) is 40.3 Å². The molecule has 3 rings (SSSR count). The summed E-state index contributed by atoms with van der Waals surface area (Å²) >= 11 is 1.59. The molecule has 1 aliphatic rings. The fourth-order valence-corrected chi connectivity index (χ4v) is 4.28. The minimum atomic E-state index is -0.416. The Morgan fingerprint density at radius 3 is 2.62 bits per heavy atom. The largest absolute Gasteiger partial charge is 0.390 e. The fraction of sp³-hybridized carbons (Fsp3) is 0.389. The lowest BCUT2D eigenvalue weighted by Crippen LogP contribution is -2.22. The third-order valence-corrected chi connectivity index (χ3v) is 5.21. The molecule has 0 saturated heterocycles. The smallest absolute Gasteiger partial charge is 0.171 e. The molecule has 2 nitrogen and oxygen atoms in total. The Labute approximate surface area is 130 Å². The Morgan fingerprint density at radius 1 is 1.29 bits per heavy atom. The van der Waals surface area contributed by atoms with Crippen LogP contribution in [0, 0.1) is 5.41 Å². The number of Topliss-reactive ketones (excluding diaryl/α,β-unsaturated/α-hetero) is 1. The van der Waals surface area contributed by atoms with Crippen molar-refractivity contribution >= 4 is 22.1 Å². The van der Waals surface area contributed by atoms with Crippen LogP contribution in [0.4, 0.5) is 5.00 Å². The molecule has 2 aromatic rings. The normalized spacial score (nSPS) is 17.2. The number of nitrogen functional groups attached to an aromatic ring is 1. The van der Waals surface area contributed by atoms with E-state index >= 15 is 0 Å². The molecule has 2 N–H and O–H groups in total. The summed E-state index contributed by atoms with van der Waals surface area (Å²) in [6.07, 6.45) is 0.971. The van der Waals surface area contributed by atoms with Crippen molar-refractivity contribution in [3.63, 3.8) is 0 Å². The molecule has 1 unspecified atom stereocenters. The van der Waals surface area contributed by atoms with Gasteiger partial charge in [0.15, 0.2) is 5.78 Å². The molecule has 0 amide bonds. The third kappa shape index (κ3) is 2.20. The maximum Gasteiger partial charge on any atom is 0.171 e. The number of anilines is 1. The van der Waals surface area contributed by atoms with Gasteiger partial charge in [-0.3, -0.25) is 4.79 Å². The topological polar surface area (TPSA) is 43.1 Å². The summed E-state index contributed by atoms with van der Waals surface area (Å²) in [4.78, 5) is 14.1. The number of hydrogen-bond acceptors (Lipinski definition) is 3. The Hall–Kier alpha value is -1.61. The monoisotopic (exact) mass is 299 g/mol. The summed E-state index contributed by atoms with van der Waals surface area (Å²) in [6, 6.07) is 8.40. The summed E-state index contributed by atoms with van der Waals surface area (Å²) in [5.74, 6) is 0.617. The van der Waals surface area contributed by atoms with Crippen LogP contribution in [0.1, 0.15) is 54.4 Å². The van der Waals surface area contributed by atoms with E-state index in [0.717, 1.165) is 17.5 Å². The van der Waals surface area contributed by atoms with Crippen LogP contribution in [-0.2, 0) is 6.42 Å². The summed E-state index contributed by atoms with van der Waals surface area (Å²) in [6.45, 7) is 8.10. The first-order chi connectivity index (χ1) is 9.80. The number of nitrogens with two attached hydrogens (primary N) is 1. The Kier molecular flexibility index (Phi) is 3.21. The van der Waals surface area contributed by atoms with Crippen molar-refractivity contribution in [1.82, 2.24) is 0 Å². The van der Waals surface area contributed by atoms with Crippen molar-refractivity contribution in [3.8, 4) is 11.1 Å². The van der Waals surface area contributed by atoms with Gasteiger partial charge < -0.3 is 5.73 Å². The predicted molar refractivity (Wildman–Crippen MR) is 90.1 cm³/mol. The second kappa shape index (κ2) is 4.70. The molecule has 0 radical (unpaired) electrons. The van der Waals surface area contributed by atoms with E-state index in [1.807, 2.05) is 26.8 Å². The van der Waals surface area contributed by atoms with Gasteiger partial charge >= 0.3 is 0 Å². The van der Waals surface area contributed by atoms with E-state index in [9.17, 15) is 4.79 Å². The molecule has 0 bridgehead atoms. The Morgan fingerprint density at radius 2 is 1.95 bits per heavy atom. The lowest BCUT2D eigenvalue weighted by molar-refractivity contribution is 0.0860. The lowest BCUT2D eigenvalue weighted by Gasteiger charge is -2.24. The van der Waals surface area contributed by atoms with Crippen LogP contribution < -0.4 is 5.73 Å². The second-order valence-corrected chi connectivity index (χ2v) is 8.05. The molecule has 0 spiro atoms. The number of ketones is 1. The molecule has 1 aliphatic carbocycles. The van der Waals surface area contributed by atoms with E-state index in [4.69, 9.17) is 5.73 Å². The summed E-state index contributed by atoms with van der Waals surface area (Å²) < 4.78 is 0. The maximum atomic E-state index is 12.8. The van der Waals surface area contributed by atoms with E-state index < -0.39 is 5.41 Å². The Bertz CT molecular complexity index is 721. The van der Waals surface area contributed by atoms with E-state index in [2.05, 4.69) is 25.1 Å². The number of rotatable bonds is 1. The van der Waals surface area contributed by atoms with Crippen LogP contribution in [0.15, 0.2) is 24.3 Å². The zero-order valence-corrected chi connectivity index (χ0v) is 13.8. The van der Waals surface area contributed by atoms with E-state index in [1.54, 1.807) is 11.3 Å². The highest BCUT2D eigenvalue weighted by atomic mass is 32.1. The highest BCUT2D eigenvalue weighted by Gasteiger charge is 2.34. The van der Waals surface area contributed by atoms with Gasteiger partial charge in [-0.15, -0.1) is 11.3 Å². The van der Waals surface area contributed by atoms with Crippen molar-refractivity contribution in [2.45, 2.75) is 40.0 Å². The Balaban J connectivity index is 2.28. The maximum absolute atomic E-state index is 12.8. The third-order valence-electron chi connectivity index (χ3n) is 4.17. The number of carbonyl (C=O) groups excluding carboxylic acids is 1. The van der Waals surface area contributed by atoms with Gasteiger partial charge in [-0.25, -0.2) is 0 Å². The molecule has 1 aromatic heterocycles. The molecule has 110 valence electrons. The van der Waals surface area contributed by atoms with Gasteiger partial charge in [0.25, 0.3) is 0 Å². The minimum Gasteiger partial charge on any atom is -0.390 e. The molecule has 1 aromatic carbocycles. The first-order valence-electron chi connectivity index (χ1n) is 7.36. The standard InChI is InChI=1S/C18H21NOS/c1-10-9-13-14(12-8-6-5-7-11(10)12)15(17(19)21-13)16(20)18(2,3)4/h5-8,10H,9,19H2,1-4H3. The van der Waals surface area contributed by atoms with Gasteiger partial charge in [0, 0.05) is 15.9 Å². The summed E-state index contributed by atoms with van der Waals surface area (Å²) in [7, 11) is 0. The minimum absolute atomic E-state index is 0.141. The molecule has 21 heavy (non-hydrogen) atoms. The van der Waals surface area contributed by atoms with Crippen molar-refractivity contribution in [1.29, 1.82) is 0 Å². The van der Waals surface area contributed by atoms with Crippen LogP contribution >= 0.6 is 11.3 Å². The van der Waals surface area contributed by atoms with Gasteiger partial charge in [0.2, 0.25) is 0 Å². The first-order valence-corrected chi connectivity index (χ1v) is 8.17. The van der Waals surface area contributed by atoms with Crippen molar-refractivity contribution in [2.75, 3.05) is 5.73 Å². The first kappa shape index (κ1) is 14.3. The van der Waals surface area contributed by atoms with E-state index in [0.29, 0.717) is 10.9 Å². The van der Waals surface area contributed by atoms with Gasteiger partial charge in [0.05, 0.1) is 10.6 Å². The second-order valence-electron chi connectivity index (χ2n) is 6.91. The molecular weight excluding hydrogens is 278 g/mol. The molecule has 1 heterocycles. The SMILES string of the molecule is CC1Cc2sc(N)c(C(=O)C(C)(C)C)c2-c2ccccc21. The molecule has 1 atom stereocenters. The molecule has 0 aliphatic heterocycles. The molecule has 0 saturated carbocycles. The summed E-state index contributed by atoms with van der Waals surface area (Å²) in [5, 5.41) is 0.670. The van der Waals surface area contributed by atoms with Crippen LogP contribution in [0.5, 0.6) is 0 Å². The highest BCUT2D eigenvalue weighted by Crippen LogP contribution is 2.48. The fourth-order valence-electron chi connectivity index (χ4n) is 3.07. The molecular formula is C18H21NOS. The average molecular weight is 299 g/mol. The average Bonchev–Trinajstić information content (AvgIpc) is 2.73. The quantitative estimate of drug-likeness (QED) is 0.762. The number of carbonyl (C=O) groups is 1. The van der Waals surface area contributed by atoms with Crippen molar-refractivity contribution < 1.29 is 4.79 Å². The van der Waals surface area contributed by atoms with Crippen LogP contribution in [-0.4, -0.2) is 5.78 Å². The van der Waals surface area contributed by atoms with Crippen LogP contribution in [0.3, 0.4) is 0 Å². The number of hydrogen-bond donors (Lipinski definition) is 1. The summed E-state index contributed by atoms with van der Waals surface area (Å²) in [5.41, 5.74) is 10.1. The number of thiophene rings is 1. The molecule has 3 heteroatoms. The van der Waals surface area contributed by atoms with Gasteiger partial charge in [-0.1, -0.05) is 52.0 Å². The van der Waals surface area contributed by atoms with Gasteiger partial charge in [-0.05, 0) is 23.5 Å². The van der Waals surface area contributed by atoms with E-state index in [-0.39, 0.29) is 5.78 Å². The molecule has 0 fully saturated rings. The predicted octanol–water partition coefficient (Wildman–Crippen LogP) is 4.89. The van der Waals surface area contributed by atoms with Crippen LogP contribution in [0.2, 0.25) is 0 Å². The van der Waals surface area contributed by atoms with Gasteiger partial charge in [-0.2, -0.15) is 0 Å².